The van der Waals surface area contributed by atoms with Gasteiger partial charge in [0.05, 0.1) is 18.4 Å². The third-order valence-corrected chi connectivity index (χ3v) is 3.01. The maximum absolute atomic E-state index is 12.8. The summed E-state index contributed by atoms with van der Waals surface area (Å²) in [6.45, 7) is 6.94. The lowest BCUT2D eigenvalue weighted by Gasteiger charge is -2.17. The molecule has 1 N–H and O–H groups in total. The third kappa shape index (κ3) is 4.69. The van der Waals surface area contributed by atoms with Gasteiger partial charge in [-0.25, -0.2) is 8.78 Å². The van der Waals surface area contributed by atoms with Gasteiger partial charge in [-0.2, -0.15) is 13.9 Å². The second kappa shape index (κ2) is 7.39. The van der Waals surface area contributed by atoms with Gasteiger partial charge in [0.15, 0.2) is 0 Å². The minimum absolute atomic E-state index is 0.0418. The van der Waals surface area contributed by atoms with Crippen LogP contribution in [0.5, 0.6) is 0 Å². The van der Waals surface area contributed by atoms with Gasteiger partial charge in [0.25, 0.3) is 0 Å². The molecule has 0 aliphatic rings. The van der Waals surface area contributed by atoms with Crippen LogP contribution in [0.15, 0.2) is 12.4 Å². The molecule has 0 radical (unpaired) electrons. The van der Waals surface area contributed by atoms with Crippen LogP contribution in [-0.4, -0.2) is 52.6 Å². The molecule has 21 heavy (non-hydrogen) atoms. The number of amides is 1. The van der Waals surface area contributed by atoms with E-state index in [-0.39, 0.29) is 5.69 Å². The topological polar surface area (TPSA) is 50.2 Å². The molecule has 5 nitrogen and oxygen atoms in total. The predicted octanol–water partition coefficient (Wildman–Crippen LogP) is 2.06. The lowest BCUT2D eigenvalue weighted by molar-refractivity contribution is -0.163. The smallest absolute Gasteiger partial charge is 0.318 e. The molecule has 0 aliphatic heterocycles. The number of hydrogen-bond acceptors (Lipinski definition) is 3. The minimum Gasteiger partial charge on any atom is -0.318 e. The number of carbonyl (C=O) groups excluding carboxylic acids is 1. The van der Waals surface area contributed by atoms with E-state index in [9.17, 15) is 22.4 Å². The Hall–Kier alpha value is -1.64. The fourth-order valence-electron chi connectivity index (χ4n) is 1.65. The van der Waals surface area contributed by atoms with Gasteiger partial charge < -0.3 is 10.2 Å². The number of hydrogen-bond donors (Lipinski definition) is 1. The highest BCUT2D eigenvalue weighted by Gasteiger charge is 2.49. The van der Waals surface area contributed by atoms with Gasteiger partial charge >= 0.3 is 18.3 Å². The van der Waals surface area contributed by atoms with Gasteiger partial charge in [-0.05, 0) is 13.1 Å². The van der Waals surface area contributed by atoms with Crippen LogP contribution >= 0.6 is 0 Å². The predicted molar refractivity (Wildman–Crippen MR) is 69.6 cm³/mol. The summed E-state index contributed by atoms with van der Waals surface area (Å²) in [7, 11) is 0. The third-order valence-electron chi connectivity index (χ3n) is 3.01. The average Bonchev–Trinajstić information content (AvgIpc) is 2.87. The minimum atomic E-state index is -4.72. The molecule has 0 atom stereocenters. The number of carbonyl (C=O) groups is 1. The number of rotatable bonds is 8. The molecule has 0 aliphatic carbocycles. The molecule has 0 bridgehead atoms. The van der Waals surface area contributed by atoms with E-state index in [0.717, 1.165) is 19.3 Å². The zero-order valence-corrected chi connectivity index (χ0v) is 11.8. The quantitative estimate of drug-likeness (QED) is 0.748. The summed E-state index contributed by atoms with van der Waals surface area (Å²) in [5, 5.41) is 5.61. The normalized spacial score (nSPS) is 12.2. The van der Waals surface area contributed by atoms with E-state index in [0.29, 0.717) is 13.1 Å². The molecular formula is C12H18F4N4O. The van der Waals surface area contributed by atoms with E-state index in [1.807, 2.05) is 13.8 Å². The standard InChI is InChI=1S/C12H18F4N4O/c1-3-19(4-2)5-6-20-8-9(7-17-20)18-11(21)12(15,16)10(13)14/h7-8,10H,3-6H2,1-2H3,(H,18,21). The summed E-state index contributed by atoms with van der Waals surface area (Å²) in [6, 6.07) is 0. The first-order valence-corrected chi connectivity index (χ1v) is 6.53. The maximum atomic E-state index is 12.8. The zero-order chi connectivity index (χ0) is 16.0. The molecule has 0 aromatic carbocycles. The van der Waals surface area contributed by atoms with Crippen molar-refractivity contribution in [3.63, 3.8) is 0 Å². The van der Waals surface area contributed by atoms with Crippen LogP contribution in [0.2, 0.25) is 0 Å². The van der Waals surface area contributed by atoms with Crippen molar-refractivity contribution in [2.75, 3.05) is 25.0 Å². The Labute approximate surface area is 119 Å². The second-order valence-corrected chi connectivity index (χ2v) is 4.40. The van der Waals surface area contributed by atoms with E-state index >= 15 is 0 Å². The number of alkyl halides is 4. The van der Waals surface area contributed by atoms with Crippen molar-refractivity contribution in [2.24, 2.45) is 0 Å². The van der Waals surface area contributed by atoms with Gasteiger partial charge in [-0.15, -0.1) is 0 Å². The molecular weight excluding hydrogens is 292 g/mol. The lowest BCUT2D eigenvalue weighted by atomic mass is 10.3. The summed E-state index contributed by atoms with van der Waals surface area (Å²) in [6.07, 6.45) is -1.58. The number of nitrogens with one attached hydrogen (secondary N) is 1. The van der Waals surface area contributed by atoms with Crippen molar-refractivity contribution in [1.82, 2.24) is 14.7 Å². The summed E-state index contributed by atoms with van der Waals surface area (Å²) in [5.74, 6) is -6.76. The Morgan fingerprint density at radius 2 is 2.05 bits per heavy atom. The lowest BCUT2D eigenvalue weighted by Crippen LogP contribution is -2.40. The van der Waals surface area contributed by atoms with E-state index in [1.54, 1.807) is 5.32 Å². The SMILES string of the molecule is CCN(CC)CCn1cc(NC(=O)C(F)(F)C(F)F)cn1. The molecule has 1 aromatic rings. The Morgan fingerprint density at radius 3 is 2.57 bits per heavy atom. The summed E-state index contributed by atoms with van der Waals surface area (Å²) in [5.41, 5.74) is -0.0418. The second-order valence-electron chi connectivity index (χ2n) is 4.40. The molecule has 1 aromatic heterocycles. The van der Waals surface area contributed by atoms with Crippen LogP contribution in [0.1, 0.15) is 13.8 Å². The first kappa shape index (κ1) is 17.4. The van der Waals surface area contributed by atoms with Crippen molar-refractivity contribution < 1.29 is 22.4 Å². The molecule has 1 rings (SSSR count). The van der Waals surface area contributed by atoms with Crippen LogP contribution < -0.4 is 5.32 Å². The number of nitrogens with zero attached hydrogens (tertiary/aromatic N) is 3. The highest BCUT2D eigenvalue weighted by molar-refractivity contribution is 5.96. The molecule has 1 amide bonds. The average molecular weight is 310 g/mol. The fourth-order valence-corrected chi connectivity index (χ4v) is 1.65. The number of halogens is 4. The van der Waals surface area contributed by atoms with Crippen LogP contribution in [0.25, 0.3) is 0 Å². The van der Waals surface area contributed by atoms with Crippen LogP contribution in [0.4, 0.5) is 23.2 Å². The van der Waals surface area contributed by atoms with Crippen molar-refractivity contribution >= 4 is 11.6 Å². The highest BCUT2D eigenvalue weighted by atomic mass is 19.3. The Kier molecular flexibility index (Phi) is 6.13. The molecule has 120 valence electrons. The summed E-state index contributed by atoms with van der Waals surface area (Å²) < 4.78 is 51.1. The molecule has 0 fully saturated rings. The van der Waals surface area contributed by atoms with Crippen molar-refractivity contribution in [1.29, 1.82) is 0 Å². The van der Waals surface area contributed by atoms with Gasteiger partial charge in [0, 0.05) is 12.7 Å². The van der Waals surface area contributed by atoms with E-state index in [2.05, 4.69) is 10.00 Å². The van der Waals surface area contributed by atoms with Gasteiger partial charge in [-0.1, -0.05) is 13.8 Å². The zero-order valence-electron chi connectivity index (χ0n) is 11.8. The summed E-state index contributed by atoms with van der Waals surface area (Å²) >= 11 is 0. The van der Waals surface area contributed by atoms with E-state index in [4.69, 9.17) is 0 Å². The number of anilines is 1. The molecule has 9 heteroatoms. The Balaban J connectivity index is 2.58. The molecule has 1 heterocycles. The highest BCUT2D eigenvalue weighted by Crippen LogP contribution is 2.24. The van der Waals surface area contributed by atoms with Gasteiger partial charge in [-0.3, -0.25) is 9.48 Å². The Morgan fingerprint density at radius 1 is 1.43 bits per heavy atom. The monoisotopic (exact) mass is 310 g/mol. The van der Waals surface area contributed by atoms with Crippen LogP contribution in [-0.2, 0) is 11.3 Å². The Bertz CT molecular complexity index is 460. The summed E-state index contributed by atoms with van der Waals surface area (Å²) in [4.78, 5) is 13.2. The molecule has 0 saturated carbocycles. The first-order valence-electron chi connectivity index (χ1n) is 6.53. The maximum Gasteiger partial charge on any atom is 0.383 e. The molecule has 0 spiro atoms. The van der Waals surface area contributed by atoms with Gasteiger partial charge in [0.1, 0.15) is 0 Å². The van der Waals surface area contributed by atoms with Crippen LogP contribution in [0.3, 0.4) is 0 Å². The van der Waals surface area contributed by atoms with E-state index in [1.165, 1.54) is 10.9 Å². The first-order chi connectivity index (χ1) is 9.81. The molecule has 0 unspecified atom stereocenters. The van der Waals surface area contributed by atoms with Crippen molar-refractivity contribution in [3.05, 3.63) is 12.4 Å². The number of likely N-dealkylation sites (N-methyl/N-ethyl adjacent to an activating group) is 1. The largest absolute Gasteiger partial charge is 0.383 e. The van der Waals surface area contributed by atoms with Crippen molar-refractivity contribution in [3.8, 4) is 0 Å². The van der Waals surface area contributed by atoms with E-state index < -0.39 is 18.3 Å². The fraction of sp³-hybridized carbons (Fsp3) is 0.667. The number of aromatic nitrogens is 2. The molecule has 0 saturated heterocycles. The van der Waals surface area contributed by atoms with Crippen LogP contribution in [0, 0.1) is 0 Å². The van der Waals surface area contributed by atoms with Gasteiger partial charge in [0.2, 0.25) is 0 Å². The van der Waals surface area contributed by atoms with Crippen molar-refractivity contribution in [2.45, 2.75) is 32.7 Å².